The molecular formula is C10H20N2O. The second kappa shape index (κ2) is 3.56. The molecule has 76 valence electrons. The Morgan fingerprint density at radius 2 is 2.46 bits per heavy atom. The molecule has 2 rings (SSSR count). The van der Waals surface area contributed by atoms with Crippen LogP contribution in [0.25, 0.3) is 0 Å². The average Bonchev–Trinajstić information content (AvgIpc) is 2.73. The second-order valence-electron chi connectivity index (χ2n) is 4.57. The van der Waals surface area contributed by atoms with Crippen LogP contribution >= 0.6 is 0 Å². The van der Waals surface area contributed by atoms with Crippen LogP contribution in [0.4, 0.5) is 0 Å². The van der Waals surface area contributed by atoms with E-state index in [0.717, 1.165) is 32.1 Å². The number of ether oxygens (including phenoxy) is 1. The van der Waals surface area contributed by atoms with Crippen molar-refractivity contribution in [3.05, 3.63) is 0 Å². The molecule has 2 fully saturated rings. The first-order valence-electron chi connectivity index (χ1n) is 5.30. The summed E-state index contributed by atoms with van der Waals surface area (Å²) in [5.41, 5.74) is 6.06. The van der Waals surface area contributed by atoms with Crippen molar-refractivity contribution in [1.82, 2.24) is 4.90 Å². The average molecular weight is 184 g/mol. The van der Waals surface area contributed by atoms with Gasteiger partial charge in [0, 0.05) is 19.7 Å². The van der Waals surface area contributed by atoms with Crippen molar-refractivity contribution in [3.63, 3.8) is 0 Å². The van der Waals surface area contributed by atoms with Gasteiger partial charge in [-0.25, -0.2) is 0 Å². The lowest BCUT2D eigenvalue weighted by Crippen LogP contribution is -2.53. The SMILES string of the molecule is CC1CCN(C2(CN)CCOC2)C1. The van der Waals surface area contributed by atoms with E-state index in [0.29, 0.717) is 0 Å². The molecule has 2 aliphatic rings. The van der Waals surface area contributed by atoms with Gasteiger partial charge in [-0.2, -0.15) is 0 Å². The normalized spacial score (nSPS) is 41.5. The molecule has 0 saturated carbocycles. The summed E-state index contributed by atoms with van der Waals surface area (Å²) in [6.07, 6.45) is 2.44. The molecule has 3 nitrogen and oxygen atoms in total. The predicted octanol–water partition coefficient (Wildman–Crippen LogP) is 0.446. The van der Waals surface area contributed by atoms with Crippen LogP contribution in [-0.4, -0.2) is 43.3 Å². The molecule has 0 aromatic heterocycles. The Labute approximate surface area is 80.2 Å². The Bertz CT molecular complexity index is 178. The molecule has 0 radical (unpaired) electrons. The van der Waals surface area contributed by atoms with Gasteiger partial charge < -0.3 is 10.5 Å². The van der Waals surface area contributed by atoms with Gasteiger partial charge in [0.1, 0.15) is 0 Å². The van der Waals surface area contributed by atoms with Crippen LogP contribution in [0.2, 0.25) is 0 Å². The van der Waals surface area contributed by atoms with Crippen LogP contribution in [0.3, 0.4) is 0 Å². The van der Waals surface area contributed by atoms with E-state index in [4.69, 9.17) is 10.5 Å². The fraction of sp³-hybridized carbons (Fsp3) is 1.00. The van der Waals surface area contributed by atoms with Gasteiger partial charge in [-0.3, -0.25) is 4.90 Å². The monoisotopic (exact) mass is 184 g/mol. The number of likely N-dealkylation sites (tertiary alicyclic amines) is 1. The van der Waals surface area contributed by atoms with Gasteiger partial charge in [-0.15, -0.1) is 0 Å². The van der Waals surface area contributed by atoms with E-state index < -0.39 is 0 Å². The Hall–Kier alpha value is -0.120. The minimum absolute atomic E-state index is 0.185. The lowest BCUT2D eigenvalue weighted by molar-refractivity contribution is 0.0897. The third-order valence-electron chi connectivity index (χ3n) is 3.56. The Morgan fingerprint density at radius 3 is 2.92 bits per heavy atom. The highest BCUT2D eigenvalue weighted by atomic mass is 16.5. The maximum atomic E-state index is 5.87. The smallest absolute Gasteiger partial charge is 0.0663 e. The largest absolute Gasteiger partial charge is 0.379 e. The summed E-state index contributed by atoms with van der Waals surface area (Å²) in [5, 5.41) is 0. The fourth-order valence-corrected chi connectivity index (χ4v) is 2.50. The van der Waals surface area contributed by atoms with Gasteiger partial charge in [-0.05, 0) is 25.3 Å². The minimum Gasteiger partial charge on any atom is -0.379 e. The van der Waals surface area contributed by atoms with Gasteiger partial charge in [0.25, 0.3) is 0 Å². The zero-order chi connectivity index (χ0) is 9.31. The molecule has 2 atom stereocenters. The second-order valence-corrected chi connectivity index (χ2v) is 4.57. The highest BCUT2D eigenvalue weighted by Crippen LogP contribution is 2.30. The summed E-state index contributed by atoms with van der Waals surface area (Å²) in [4.78, 5) is 2.55. The van der Waals surface area contributed by atoms with E-state index in [-0.39, 0.29) is 5.54 Å². The van der Waals surface area contributed by atoms with Crippen molar-refractivity contribution in [1.29, 1.82) is 0 Å². The molecule has 2 N–H and O–H groups in total. The number of rotatable bonds is 2. The van der Waals surface area contributed by atoms with Crippen molar-refractivity contribution in [3.8, 4) is 0 Å². The zero-order valence-corrected chi connectivity index (χ0v) is 8.46. The van der Waals surface area contributed by atoms with Crippen molar-refractivity contribution >= 4 is 0 Å². The first kappa shape index (κ1) is 9.44. The standard InChI is InChI=1S/C10H20N2O/c1-9-2-4-12(6-9)10(7-11)3-5-13-8-10/h9H,2-8,11H2,1H3. The van der Waals surface area contributed by atoms with Gasteiger partial charge in [-0.1, -0.05) is 6.92 Å². The summed E-state index contributed by atoms with van der Waals surface area (Å²) in [7, 11) is 0. The third-order valence-corrected chi connectivity index (χ3v) is 3.56. The summed E-state index contributed by atoms with van der Waals surface area (Å²) in [6, 6.07) is 0. The molecule has 0 aliphatic carbocycles. The van der Waals surface area contributed by atoms with Crippen LogP contribution in [-0.2, 0) is 4.74 Å². The first-order valence-corrected chi connectivity index (χ1v) is 5.30. The molecule has 2 aliphatic heterocycles. The Kier molecular flexibility index (Phi) is 2.58. The van der Waals surface area contributed by atoms with E-state index in [1.807, 2.05) is 0 Å². The number of hydrogen-bond donors (Lipinski definition) is 1. The van der Waals surface area contributed by atoms with Crippen LogP contribution in [0, 0.1) is 5.92 Å². The van der Waals surface area contributed by atoms with Crippen LogP contribution < -0.4 is 5.73 Å². The summed E-state index contributed by atoms with van der Waals surface area (Å²) < 4.78 is 5.48. The maximum Gasteiger partial charge on any atom is 0.0663 e. The molecule has 0 aromatic rings. The number of hydrogen-bond acceptors (Lipinski definition) is 3. The molecule has 13 heavy (non-hydrogen) atoms. The summed E-state index contributed by atoms with van der Waals surface area (Å²) in [6.45, 7) is 7.22. The molecule has 0 bridgehead atoms. The third kappa shape index (κ3) is 1.60. The maximum absolute atomic E-state index is 5.87. The van der Waals surface area contributed by atoms with Gasteiger partial charge >= 0.3 is 0 Å². The lowest BCUT2D eigenvalue weighted by Gasteiger charge is -2.36. The van der Waals surface area contributed by atoms with E-state index in [2.05, 4.69) is 11.8 Å². The van der Waals surface area contributed by atoms with Crippen LogP contribution in [0.15, 0.2) is 0 Å². The van der Waals surface area contributed by atoms with Gasteiger partial charge in [0.2, 0.25) is 0 Å². The van der Waals surface area contributed by atoms with Crippen molar-refractivity contribution in [2.75, 3.05) is 32.8 Å². The summed E-state index contributed by atoms with van der Waals surface area (Å²) >= 11 is 0. The number of nitrogens with zero attached hydrogens (tertiary/aromatic N) is 1. The topological polar surface area (TPSA) is 38.5 Å². The van der Waals surface area contributed by atoms with Crippen molar-refractivity contribution < 1.29 is 4.74 Å². The molecular weight excluding hydrogens is 164 g/mol. The fourth-order valence-electron chi connectivity index (χ4n) is 2.50. The predicted molar refractivity (Wildman–Crippen MR) is 52.6 cm³/mol. The van der Waals surface area contributed by atoms with E-state index in [9.17, 15) is 0 Å². The molecule has 2 saturated heterocycles. The van der Waals surface area contributed by atoms with E-state index in [1.165, 1.54) is 19.5 Å². The van der Waals surface area contributed by atoms with E-state index in [1.54, 1.807) is 0 Å². The highest BCUT2D eigenvalue weighted by Gasteiger charge is 2.41. The Morgan fingerprint density at radius 1 is 1.62 bits per heavy atom. The number of nitrogens with two attached hydrogens (primary N) is 1. The molecule has 0 spiro atoms. The van der Waals surface area contributed by atoms with Crippen LogP contribution in [0.1, 0.15) is 19.8 Å². The highest BCUT2D eigenvalue weighted by molar-refractivity contribution is 4.97. The van der Waals surface area contributed by atoms with Crippen molar-refractivity contribution in [2.24, 2.45) is 11.7 Å². The van der Waals surface area contributed by atoms with E-state index >= 15 is 0 Å². The lowest BCUT2D eigenvalue weighted by atomic mass is 9.97. The molecule has 0 amide bonds. The van der Waals surface area contributed by atoms with Crippen LogP contribution in [0.5, 0.6) is 0 Å². The molecule has 2 unspecified atom stereocenters. The Balaban J connectivity index is 2.03. The molecule has 3 heteroatoms. The van der Waals surface area contributed by atoms with Gasteiger partial charge in [0.05, 0.1) is 12.1 Å². The first-order chi connectivity index (χ1) is 6.27. The molecule has 2 heterocycles. The molecule has 0 aromatic carbocycles. The summed E-state index contributed by atoms with van der Waals surface area (Å²) in [5.74, 6) is 0.837. The van der Waals surface area contributed by atoms with Crippen molar-refractivity contribution in [2.45, 2.75) is 25.3 Å². The zero-order valence-electron chi connectivity index (χ0n) is 8.46. The minimum atomic E-state index is 0.185. The quantitative estimate of drug-likeness (QED) is 0.677. The van der Waals surface area contributed by atoms with Gasteiger partial charge in [0.15, 0.2) is 0 Å².